The molecule has 1 aliphatic heterocycles. The van der Waals surface area contributed by atoms with Crippen molar-refractivity contribution in [2.24, 2.45) is 0 Å². The van der Waals surface area contributed by atoms with Crippen LogP contribution in [0.4, 0.5) is 6.01 Å². The molecule has 4 rings (SSSR count). The Morgan fingerprint density at radius 1 is 1.21 bits per heavy atom. The summed E-state index contributed by atoms with van der Waals surface area (Å²) >= 11 is 1.25. The van der Waals surface area contributed by atoms with Crippen LogP contribution in [0.15, 0.2) is 44.5 Å². The number of hydrogen-bond acceptors (Lipinski definition) is 7. The van der Waals surface area contributed by atoms with E-state index in [0.717, 1.165) is 6.42 Å². The van der Waals surface area contributed by atoms with Gasteiger partial charge in [0.25, 0.3) is 6.01 Å². The first-order chi connectivity index (χ1) is 11.6. The molecule has 3 aromatic heterocycles. The summed E-state index contributed by atoms with van der Waals surface area (Å²) in [4.78, 5) is 10.5. The lowest BCUT2D eigenvalue weighted by atomic mass is 10.4. The van der Waals surface area contributed by atoms with E-state index in [9.17, 15) is 8.76 Å². The van der Waals surface area contributed by atoms with E-state index in [1.807, 2.05) is 11.0 Å². The minimum atomic E-state index is -3.41. The van der Waals surface area contributed by atoms with E-state index in [1.165, 1.54) is 11.3 Å². The molecular weight excluding hydrogens is 348 g/mol. The van der Waals surface area contributed by atoms with Crippen LogP contribution in [0.2, 0.25) is 0 Å². The van der Waals surface area contributed by atoms with Crippen LogP contribution in [0.3, 0.4) is 0 Å². The molecule has 1 unspecified atom stereocenters. The molecule has 0 radical (unpaired) electrons. The summed E-state index contributed by atoms with van der Waals surface area (Å²) in [6.45, 7) is 2.14. The van der Waals surface area contributed by atoms with Crippen LogP contribution in [-0.2, 0) is 14.6 Å². The molecule has 0 aliphatic carbocycles. The van der Waals surface area contributed by atoms with E-state index in [0.29, 0.717) is 47.6 Å². The van der Waals surface area contributed by atoms with Crippen LogP contribution in [0.1, 0.15) is 6.42 Å². The van der Waals surface area contributed by atoms with Crippen molar-refractivity contribution in [2.75, 3.05) is 31.1 Å². The van der Waals surface area contributed by atoms with Gasteiger partial charge in [0.1, 0.15) is 0 Å². The van der Waals surface area contributed by atoms with Crippen LogP contribution in [0, 0.1) is 0 Å². The van der Waals surface area contributed by atoms with E-state index < -0.39 is 10.4 Å². The maximum absolute atomic E-state index is 12.7. The second kappa shape index (κ2) is 6.25. The highest BCUT2D eigenvalue weighted by atomic mass is 32.3. The quantitative estimate of drug-likeness (QED) is 0.664. The van der Waals surface area contributed by atoms with Crippen LogP contribution < -0.4 is 4.90 Å². The van der Waals surface area contributed by atoms with Crippen molar-refractivity contribution in [3.8, 4) is 0 Å². The molecule has 0 amide bonds. The summed E-state index contributed by atoms with van der Waals surface area (Å²) in [6, 6.07) is 7.53. The second-order valence-corrected chi connectivity index (χ2v) is 8.61. The average Bonchev–Trinajstić information content (AvgIpc) is 3.19. The largest absolute Gasteiger partial charge is 0.592 e. The zero-order chi connectivity index (χ0) is 16.6. The molecular formula is C15H16N4O3S2. The Labute approximate surface area is 144 Å². The molecule has 7 nitrogen and oxygen atoms in total. The summed E-state index contributed by atoms with van der Waals surface area (Å²) in [5.41, 5.74) is 1.21. The van der Waals surface area contributed by atoms with E-state index in [1.54, 1.807) is 34.1 Å². The number of rotatable bonds is 3. The number of fused-ring (bicyclic) bond motifs is 1. The summed E-state index contributed by atoms with van der Waals surface area (Å²) in [6.07, 6.45) is 2.39. The van der Waals surface area contributed by atoms with E-state index in [4.69, 9.17) is 4.42 Å². The van der Waals surface area contributed by atoms with Gasteiger partial charge in [-0.1, -0.05) is 15.5 Å². The Bertz CT molecular complexity index is 847. The maximum atomic E-state index is 12.7. The molecule has 9 heteroatoms. The van der Waals surface area contributed by atoms with Gasteiger partial charge in [-0.25, -0.2) is 4.98 Å². The molecule has 1 atom stereocenters. The first kappa shape index (κ1) is 15.7. The summed E-state index contributed by atoms with van der Waals surface area (Å²) in [5, 5.41) is 1.78. The van der Waals surface area contributed by atoms with Crippen LogP contribution in [-0.4, -0.2) is 45.0 Å². The van der Waals surface area contributed by atoms with Gasteiger partial charge < -0.3 is 13.9 Å². The highest BCUT2D eigenvalue weighted by Gasteiger charge is 2.33. The number of oxazole rings is 1. The van der Waals surface area contributed by atoms with Gasteiger partial charge in [-0.2, -0.15) is 4.98 Å². The molecule has 1 aliphatic rings. The van der Waals surface area contributed by atoms with Gasteiger partial charge in [0.15, 0.2) is 16.0 Å². The fraction of sp³-hybridized carbons (Fsp3) is 0.333. The van der Waals surface area contributed by atoms with E-state index in [-0.39, 0.29) is 0 Å². The molecule has 126 valence electrons. The van der Waals surface area contributed by atoms with Gasteiger partial charge in [0.05, 0.1) is 6.54 Å². The number of nitrogens with zero attached hydrogens (tertiary/aromatic N) is 4. The minimum Gasteiger partial charge on any atom is -0.592 e. The van der Waals surface area contributed by atoms with Gasteiger partial charge in [0.2, 0.25) is 9.86 Å². The Morgan fingerprint density at radius 2 is 2.12 bits per heavy atom. The van der Waals surface area contributed by atoms with Gasteiger partial charge in [0, 0.05) is 31.9 Å². The zero-order valence-electron chi connectivity index (χ0n) is 12.8. The lowest BCUT2D eigenvalue weighted by Gasteiger charge is -2.24. The molecule has 0 saturated carbocycles. The number of anilines is 1. The fourth-order valence-corrected chi connectivity index (χ4v) is 5.37. The predicted octanol–water partition coefficient (Wildman–Crippen LogP) is 2.40. The second-order valence-electron chi connectivity index (χ2n) is 5.50. The summed E-state index contributed by atoms with van der Waals surface area (Å²) in [7, 11) is -3.41. The van der Waals surface area contributed by atoms with Crippen LogP contribution in [0.25, 0.3) is 11.2 Å². The monoisotopic (exact) mass is 364 g/mol. The number of pyridine rings is 1. The van der Waals surface area contributed by atoms with Crippen molar-refractivity contribution in [3.63, 3.8) is 0 Å². The third-order valence-electron chi connectivity index (χ3n) is 3.97. The normalized spacial score (nSPS) is 19.3. The van der Waals surface area contributed by atoms with Crippen molar-refractivity contribution >= 4 is 39.0 Å². The molecule has 0 bridgehead atoms. The molecule has 1 fully saturated rings. The van der Waals surface area contributed by atoms with Gasteiger partial charge in [-0.15, -0.1) is 4.31 Å². The van der Waals surface area contributed by atoms with Gasteiger partial charge in [-0.05, 0) is 30.0 Å². The molecule has 0 aromatic carbocycles. The van der Waals surface area contributed by atoms with Crippen molar-refractivity contribution in [3.05, 3.63) is 35.8 Å². The van der Waals surface area contributed by atoms with Crippen molar-refractivity contribution in [1.82, 2.24) is 14.3 Å². The molecule has 24 heavy (non-hydrogen) atoms. The summed E-state index contributed by atoms with van der Waals surface area (Å²) < 4.78 is 33.0. The predicted molar refractivity (Wildman–Crippen MR) is 91.6 cm³/mol. The topological polar surface area (TPSA) is 85.5 Å². The Morgan fingerprint density at radius 3 is 2.92 bits per heavy atom. The van der Waals surface area contributed by atoms with Crippen LogP contribution >= 0.6 is 11.3 Å². The molecule has 1 saturated heterocycles. The smallest absolute Gasteiger partial charge is 0.299 e. The fourth-order valence-electron chi connectivity index (χ4n) is 2.76. The van der Waals surface area contributed by atoms with Crippen molar-refractivity contribution in [1.29, 1.82) is 0 Å². The van der Waals surface area contributed by atoms with E-state index >= 15 is 0 Å². The Hall–Kier alpha value is -1.81. The first-order valence-electron chi connectivity index (χ1n) is 7.65. The zero-order valence-corrected chi connectivity index (χ0v) is 14.5. The third kappa shape index (κ3) is 2.84. The number of sulfonamides is 1. The third-order valence-corrected chi connectivity index (χ3v) is 7.24. The molecule has 0 N–H and O–H groups in total. The average molecular weight is 364 g/mol. The lowest BCUT2D eigenvalue weighted by molar-refractivity contribution is 0.368. The number of thiophene rings is 1. The minimum absolute atomic E-state index is 0.391. The maximum Gasteiger partial charge on any atom is 0.299 e. The highest BCUT2D eigenvalue weighted by molar-refractivity contribution is 7.97. The van der Waals surface area contributed by atoms with Gasteiger partial charge >= 0.3 is 0 Å². The first-order valence-corrected chi connectivity index (χ1v) is 9.97. The van der Waals surface area contributed by atoms with Crippen molar-refractivity contribution < 1.29 is 13.2 Å². The van der Waals surface area contributed by atoms with Crippen molar-refractivity contribution in [2.45, 2.75) is 10.6 Å². The summed E-state index contributed by atoms with van der Waals surface area (Å²) in [5.74, 6) is 0. The Balaban J connectivity index is 1.53. The molecule has 0 spiro atoms. The SMILES string of the molecule is O=[S+]([O-])(c1cccs1)N1CCCN(c2nc3ncccc3o2)CC1. The molecule has 3 aromatic rings. The highest BCUT2D eigenvalue weighted by Crippen LogP contribution is 2.28. The number of hydrogen-bond donors (Lipinski definition) is 0. The number of aromatic nitrogens is 2. The lowest BCUT2D eigenvalue weighted by Crippen LogP contribution is -2.38. The molecule has 4 heterocycles. The van der Waals surface area contributed by atoms with E-state index in [2.05, 4.69) is 9.97 Å². The Kier molecular flexibility index (Phi) is 4.09. The van der Waals surface area contributed by atoms with Crippen LogP contribution in [0.5, 0.6) is 0 Å². The standard InChI is InChI=1S/C15H16N4O3S2/c20-24(21,13-5-2-11-23-13)19-8-3-7-18(9-10-19)15-17-14-12(22-15)4-1-6-16-14/h1-2,4-6,11H,3,7-10H2. The van der Waals surface area contributed by atoms with Gasteiger partial charge in [-0.3, -0.25) is 0 Å².